The summed E-state index contributed by atoms with van der Waals surface area (Å²) in [6, 6.07) is 6.39. The highest BCUT2D eigenvalue weighted by atomic mass is 127. The molecule has 0 aliphatic carbocycles. The zero-order chi connectivity index (χ0) is 17.4. The van der Waals surface area contributed by atoms with Crippen LogP contribution in [0.4, 0.5) is 4.39 Å². The van der Waals surface area contributed by atoms with Crippen LogP contribution < -0.4 is 10.6 Å². The van der Waals surface area contributed by atoms with Crippen LogP contribution in [0.15, 0.2) is 29.3 Å². The molecule has 1 aromatic rings. The summed E-state index contributed by atoms with van der Waals surface area (Å²) in [6.45, 7) is 5.72. The number of hydrogen-bond acceptors (Lipinski definition) is 4. The predicted molar refractivity (Wildman–Crippen MR) is 110 cm³/mol. The second-order valence-electron chi connectivity index (χ2n) is 5.75. The van der Waals surface area contributed by atoms with Gasteiger partial charge in [0.25, 0.3) is 0 Å². The largest absolute Gasteiger partial charge is 0.357 e. The van der Waals surface area contributed by atoms with Crippen LogP contribution in [0.1, 0.15) is 12.5 Å². The summed E-state index contributed by atoms with van der Waals surface area (Å²) in [5.74, 6) is 0.883. The molecule has 6 nitrogen and oxygen atoms in total. The van der Waals surface area contributed by atoms with Crippen molar-refractivity contribution in [2.24, 2.45) is 4.99 Å². The van der Waals surface area contributed by atoms with E-state index in [1.165, 1.54) is 12.1 Å². The van der Waals surface area contributed by atoms with Crippen molar-refractivity contribution in [2.45, 2.75) is 13.5 Å². The number of guanidine groups is 1. The summed E-state index contributed by atoms with van der Waals surface area (Å²) in [5, 5.41) is 6.38. The normalized spacial score (nSPS) is 17.6. The minimum Gasteiger partial charge on any atom is -0.357 e. The SMILES string of the molecule is CCNC(=NCc1cccc(F)c1)NCCN1CCS(=O)(=O)CC1.I. The van der Waals surface area contributed by atoms with Gasteiger partial charge in [0.1, 0.15) is 5.82 Å². The third-order valence-corrected chi connectivity index (χ3v) is 5.42. The van der Waals surface area contributed by atoms with E-state index in [1.54, 1.807) is 6.07 Å². The van der Waals surface area contributed by atoms with E-state index in [0.29, 0.717) is 32.1 Å². The molecule has 0 atom stereocenters. The molecule has 1 aliphatic heterocycles. The Bertz CT molecular complexity index is 656. The Hall–Kier alpha value is -0.940. The lowest BCUT2D eigenvalue weighted by Crippen LogP contribution is -2.45. The van der Waals surface area contributed by atoms with Gasteiger partial charge in [0.2, 0.25) is 0 Å². The second kappa shape index (κ2) is 10.9. The lowest BCUT2D eigenvalue weighted by atomic mass is 10.2. The van der Waals surface area contributed by atoms with Crippen molar-refractivity contribution in [2.75, 3.05) is 44.2 Å². The molecule has 1 aromatic carbocycles. The number of sulfone groups is 1. The standard InChI is InChI=1S/C16H25FN4O2S.HI/c1-2-18-16(20-13-14-4-3-5-15(17)12-14)19-6-7-21-8-10-24(22,23)11-9-21;/h3-5,12H,2,6-11,13H2,1H3,(H2,18,19,20);1H. The molecule has 0 bridgehead atoms. The highest BCUT2D eigenvalue weighted by Crippen LogP contribution is 2.05. The molecule has 1 aliphatic rings. The fourth-order valence-corrected chi connectivity index (χ4v) is 3.73. The maximum Gasteiger partial charge on any atom is 0.191 e. The Balaban J connectivity index is 0.00000312. The van der Waals surface area contributed by atoms with Crippen molar-refractivity contribution in [1.82, 2.24) is 15.5 Å². The molecule has 142 valence electrons. The molecule has 0 saturated carbocycles. The average molecular weight is 484 g/mol. The van der Waals surface area contributed by atoms with Crippen LogP contribution >= 0.6 is 24.0 Å². The van der Waals surface area contributed by atoms with Gasteiger partial charge in [-0.1, -0.05) is 12.1 Å². The molecule has 0 aromatic heterocycles. The van der Waals surface area contributed by atoms with E-state index in [2.05, 4.69) is 20.5 Å². The van der Waals surface area contributed by atoms with Crippen molar-refractivity contribution in [3.63, 3.8) is 0 Å². The quantitative estimate of drug-likeness (QED) is 0.361. The Labute approximate surface area is 166 Å². The first-order valence-corrected chi connectivity index (χ1v) is 10.00. The number of aliphatic imine (C=N–C) groups is 1. The van der Waals surface area contributed by atoms with Gasteiger partial charge < -0.3 is 10.6 Å². The number of rotatable bonds is 6. The van der Waals surface area contributed by atoms with E-state index in [0.717, 1.165) is 18.7 Å². The van der Waals surface area contributed by atoms with Gasteiger partial charge in [0.15, 0.2) is 15.8 Å². The predicted octanol–water partition coefficient (Wildman–Crippen LogP) is 1.23. The van der Waals surface area contributed by atoms with Crippen LogP contribution in [0.3, 0.4) is 0 Å². The van der Waals surface area contributed by atoms with Crippen molar-refractivity contribution in [3.05, 3.63) is 35.6 Å². The minimum absolute atomic E-state index is 0. The molecule has 2 rings (SSSR count). The number of nitrogens with zero attached hydrogens (tertiary/aromatic N) is 2. The molecule has 1 heterocycles. The summed E-state index contributed by atoms with van der Waals surface area (Å²) in [7, 11) is -2.84. The van der Waals surface area contributed by atoms with Gasteiger partial charge in [-0.15, -0.1) is 24.0 Å². The number of hydrogen-bond donors (Lipinski definition) is 2. The van der Waals surface area contributed by atoms with Gasteiger partial charge >= 0.3 is 0 Å². The third kappa shape index (κ3) is 8.32. The van der Waals surface area contributed by atoms with E-state index in [-0.39, 0.29) is 41.3 Å². The van der Waals surface area contributed by atoms with Crippen LogP contribution in [-0.4, -0.2) is 63.5 Å². The smallest absolute Gasteiger partial charge is 0.191 e. The van der Waals surface area contributed by atoms with Gasteiger partial charge in [-0.05, 0) is 24.6 Å². The van der Waals surface area contributed by atoms with Gasteiger partial charge in [0, 0.05) is 32.7 Å². The average Bonchev–Trinajstić information content (AvgIpc) is 2.54. The molecule has 1 saturated heterocycles. The van der Waals surface area contributed by atoms with Crippen molar-refractivity contribution in [3.8, 4) is 0 Å². The van der Waals surface area contributed by atoms with Gasteiger partial charge in [0.05, 0.1) is 18.1 Å². The zero-order valence-electron chi connectivity index (χ0n) is 14.4. The second-order valence-corrected chi connectivity index (χ2v) is 8.05. The first-order valence-electron chi connectivity index (χ1n) is 8.18. The lowest BCUT2D eigenvalue weighted by Gasteiger charge is -2.26. The van der Waals surface area contributed by atoms with E-state index in [1.807, 2.05) is 13.0 Å². The zero-order valence-corrected chi connectivity index (χ0v) is 17.5. The monoisotopic (exact) mass is 484 g/mol. The maximum absolute atomic E-state index is 13.2. The summed E-state index contributed by atoms with van der Waals surface area (Å²) in [6.07, 6.45) is 0. The van der Waals surface area contributed by atoms with Crippen LogP contribution in [0.5, 0.6) is 0 Å². The molecule has 0 unspecified atom stereocenters. The summed E-state index contributed by atoms with van der Waals surface area (Å²) >= 11 is 0. The lowest BCUT2D eigenvalue weighted by molar-refractivity contribution is 0.299. The Morgan fingerprint density at radius 1 is 1.28 bits per heavy atom. The van der Waals surface area contributed by atoms with E-state index < -0.39 is 9.84 Å². The van der Waals surface area contributed by atoms with Crippen LogP contribution in [0, 0.1) is 5.82 Å². The van der Waals surface area contributed by atoms with Crippen molar-refractivity contribution < 1.29 is 12.8 Å². The molecule has 0 amide bonds. The topological polar surface area (TPSA) is 73.8 Å². The first-order chi connectivity index (χ1) is 11.5. The molecule has 25 heavy (non-hydrogen) atoms. The van der Waals surface area contributed by atoms with Crippen LogP contribution in [0.25, 0.3) is 0 Å². The Morgan fingerprint density at radius 2 is 2.00 bits per heavy atom. The molecule has 1 fully saturated rings. The molecule has 2 N–H and O–H groups in total. The van der Waals surface area contributed by atoms with Gasteiger partial charge in [-0.2, -0.15) is 0 Å². The summed E-state index contributed by atoms with van der Waals surface area (Å²) in [4.78, 5) is 6.57. The van der Waals surface area contributed by atoms with Crippen LogP contribution in [-0.2, 0) is 16.4 Å². The highest BCUT2D eigenvalue weighted by Gasteiger charge is 2.20. The van der Waals surface area contributed by atoms with E-state index in [9.17, 15) is 12.8 Å². The molecule has 0 radical (unpaired) electrons. The van der Waals surface area contributed by atoms with E-state index >= 15 is 0 Å². The number of halogens is 2. The van der Waals surface area contributed by atoms with E-state index in [4.69, 9.17) is 0 Å². The summed E-state index contributed by atoms with van der Waals surface area (Å²) in [5.41, 5.74) is 0.813. The fourth-order valence-electron chi connectivity index (χ4n) is 2.45. The van der Waals surface area contributed by atoms with Crippen molar-refractivity contribution >= 4 is 39.8 Å². The van der Waals surface area contributed by atoms with Crippen LogP contribution in [0.2, 0.25) is 0 Å². The third-order valence-electron chi connectivity index (χ3n) is 3.81. The first kappa shape index (κ1) is 22.1. The maximum atomic E-state index is 13.2. The minimum atomic E-state index is -2.84. The number of nitrogens with one attached hydrogen (secondary N) is 2. The molecular weight excluding hydrogens is 458 g/mol. The molecule has 0 spiro atoms. The Kier molecular flexibility index (Phi) is 9.65. The van der Waals surface area contributed by atoms with Gasteiger partial charge in [-0.3, -0.25) is 4.90 Å². The molecule has 9 heteroatoms. The fraction of sp³-hybridized carbons (Fsp3) is 0.562. The van der Waals surface area contributed by atoms with Gasteiger partial charge in [-0.25, -0.2) is 17.8 Å². The number of benzene rings is 1. The summed E-state index contributed by atoms with van der Waals surface area (Å²) < 4.78 is 36.0. The highest BCUT2D eigenvalue weighted by molar-refractivity contribution is 14.0. The van der Waals surface area contributed by atoms with Crippen molar-refractivity contribution in [1.29, 1.82) is 0 Å². The molecular formula is C16H26FIN4O2S. The Morgan fingerprint density at radius 3 is 2.64 bits per heavy atom.